The van der Waals surface area contributed by atoms with Crippen LogP contribution in [-0.2, 0) is 10.3 Å². The number of aromatic nitrogens is 1. The van der Waals surface area contributed by atoms with E-state index in [-0.39, 0.29) is 23.8 Å². The first-order chi connectivity index (χ1) is 10.9. The molecule has 0 saturated carbocycles. The molecule has 0 aliphatic heterocycles. The minimum atomic E-state index is -0.327. The van der Waals surface area contributed by atoms with Gasteiger partial charge in [0, 0.05) is 22.8 Å². The fraction of sp³-hybridized carbons (Fsp3) is 0.353. The zero-order chi connectivity index (χ0) is 16.9. The molecular weight excluding hydrogens is 310 g/mol. The summed E-state index contributed by atoms with van der Waals surface area (Å²) in [5.74, 6) is -0.177. The van der Waals surface area contributed by atoms with Gasteiger partial charge in [-0.1, -0.05) is 19.1 Å². The normalized spacial score (nSPS) is 13.3. The highest BCUT2D eigenvalue weighted by atomic mass is 32.1. The molecule has 5 nitrogen and oxygen atoms in total. The van der Waals surface area contributed by atoms with Crippen molar-refractivity contribution in [1.29, 1.82) is 0 Å². The molecule has 0 saturated heterocycles. The molecule has 0 aliphatic carbocycles. The van der Waals surface area contributed by atoms with Gasteiger partial charge in [0.15, 0.2) is 5.78 Å². The summed E-state index contributed by atoms with van der Waals surface area (Å²) in [5, 5.41) is 8.98. The molecule has 122 valence electrons. The Balaban J connectivity index is 1.97. The lowest BCUT2D eigenvalue weighted by Gasteiger charge is -2.27. The third-order valence-electron chi connectivity index (χ3n) is 3.80. The number of Topliss-reactive ketones (excluding diaryl/α,β-unsaturated/α-hetero) is 1. The lowest BCUT2D eigenvalue weighted by atomic mass is 10.00. The number of thiazole rings is 1. The average molecular weight is 331 g/mol. The lowest BCUT2D eigenvalue weighted by molar-refractivity contribution is -0.115. The molecule has 0 radical (unpaired) electrons. The zero-order valence-corrected chi connectivity index (χ0v) is 14.4. The SMILES string of the molecule is CC[C@@](C)(NCC(=O)Nc1cccc(C(C)=O)c1)c1nccs1. The molecule has 1 atom stereocenters. The molecule has 0 unspecified atom stereocenters. The quantitative estimate of drug-likeness (QED) is 0.764. The van der Waals surface area contributed by atoms with Crippen LogP contribution >= 0.6 is 11.3 Å². The van der Waals surface area contributed by atoms with Crippen LogP contribution in [0.1, 0.15) is 42.6 Å². The molecular formula is C17H21N3O2S. The minimum Gasteiger partial charge on any atom is -0.325 e. The molecule has 2 N–H and O–H groups in total. The van der Waals surface area contributed by atoms with Crippen molar-refractivity contribution in [2.45, 2.75) is 32.7 Å². The molecule has 0 bridgehead atoms. The summed E-state index contributed by atoms with van der Waals surface area (Å²) < 4.78 is 0. The summed E-state index contributed by atoms with van der Waals surface area (Å²) >= 11 is 1.57. The maximum Gasteiger partial charge on any atom is 0.238 e. The molecule has 2 aromatic rings. The number of rotatable bonds is 7. The largest absolute Gasteiger partial charge is 0.325 e. The minimum absolute atomic E-state index is 0.0263. The molecule has 1 amide bonds. The summed E-state index contributed by atoms with van der Waals surface area (Å²) in [6.45, 7) is 5.77. The standard InChI is InChI=1S/C17H21N3O2S/c1-4-17(3,16-18-8-9-23-16)19-11-15(22)20-14-7-5-6-13(10-14)12(2)21/h5-10,19H,4,11H2,1-3H3,(H,20,22)/t17-/m1/s1. The van der Waals surface area contributed by atoms with E-state index in [2.05, 4.69) is 22.5 Å². The van der Waals surface area contributed by atoms with E-state index in [1.54, 1.807) is 41.8 Å². The fourth-order valence-electron chi connectivity index (χ4n) is 2.14. The van der Waals surface area contributed by atoms with Gasteiger partial charge in [-0.15, -0.1) is 11.3 Å². The van der Waals surface area contributed by atoms with Crippen molar-refractivity contribution in [2.24, 2.45) is 0 Å². The monoisotopic (exact) mass is 331 g/mol. The lowest BCUT2D eigenvalue weighted by Crippen LogP contribution is -2.43. The number of nitrogens with zero attached hydrogens (tertiary/aromatic N) is 1. The van der Waals surface area contributed by atoms with Crippen LogP contribution < -0.4 is 10.6 Å². The van der Waals surface area contributed by atoms with Gasteiger partial charge in [0.25, 0.3) is 0 Å². The Kier molecular flexibility index (Phi) is 5.63. The van der Waals surface area contributed by atoms with Crippen molar-refractivity contribution in [3.05, 3.63) is 46.4 Å². The molecule has 0 aliphatic rings. The first kappa shape index (κ1) is 17.3. The second kappa shape index (κ2) is 7.48. The summed E-state index contributed by atoms with van der Waals surface area (Å²) in [4.78, 5) is 27.9. The number of carbonyl (C=O) groups excluding carboxylic acids is 2. The van der Waals surface area contributed by atoms with Gasteiger partial charge in [0.05, 0.1) is 12.1 Å². The molecule has 23 heavy (non-hydrogen) atoms. The average Bonchev–Trinajstić information content (AvgIpc) is 3.08. The maximum absolute atomic E-state index is 12.2. The van der Waals surface area contributed by atoms with E-state index in [0.29, 0.717) is 11.3 Å². The summed E-state index contributed by atoms with van der Waals surface area (Å²) in [5.41, 5.74) is 0.876. The van der Waals surface area contributed by atoms with E-state index in [4.69, 9.17) is 0 Å². The number of benzene rings is 1. The van der Waals surface area contributed by atoms with Gasteiger partial charge < -0.3 is 5.32 Å². The van der Waals surface area contributed by atoms with Crippen molar-refractivity contribution in [3.8, 4) is 0 Å². The highest BCUT2D eigenvalue weighted by Gasteiger charge is 2.27. The Labute approximate surface area is 140 Å². The Morgan fingerprint density at radius 1 is 1.35 bits per heavy atom. The Morgan fingerprint density at radius 2 is 2.13 bits per heavy atom. The highest BCUT2D eigenvalue weighted by molar-refractivity contribution is 7.09. The first-order valence-corrected chi connectivity index (χ1v) is 8.38. The van der Waals surface area contributed by atoms with Crippen molar-refractivity contribution < 1.29 is 9.59 Å². The maximum atomic E-state index is 12.2. The van der Waals surface area contributed by atoms with E-state index >= 15 is 0 Å². The number of hydrogen-bond acceptors (Lipinski definition) is 5. The van der Waals surface area contributed by atoms with E-state index in [9.17, 15) is 9.59 Å². The first-order valence-electron chi connectivity index (χ1n) is 7.50. The molecule has 1 heterocycles. The number of anilines is 1. The highest BCUT2D eigenvalue weighted by Crippen LogP contribution is 2.25. The number of ketones is 1. The Hall–Kier alpha value is -2.05. The van der Waals surface area contributed by atoms with Gasteiger partial charge in [-0.2, -0.15) is 0 Å². The predicted molar refractivity (Wildman–Crippen MR) is 92.8 cm³/mol. The van der Waals surface area contributed by atoms with Crippen LogP contribution in [0.4, 0.5) is 5.69 Å². The van der Waals surface area contributed by atoms with Crippen molar-refractivity contribution in [1.82, 2.24) is 10.3 Å². The van der Waals surface area contributed by atoms with E-state index in [1.807, 2.05) is 12.3 Å². The van der Waals surface area contributed by atoms with Crippen LogP contribution in [0.25, 0.3) is 0 Å². The molecule has 0 spiro atoms. The van der Waals surface area contributed by atoms with Gasteiger partial charge >= 0.3 is 0 Å². The van der Waals surface area contributed by atoms with E-state index in [0.717, 1.165) is 11.4 Å². The van der Waals surface area contributed by atoms with Gasteiger partial charge in [-0.3, -0.25) is 14.9 Å². The Bertz CT molecular complexity index is 685. The molecule has 1 aromatic carbocycles. The predicted octanol–water partition coefficient (Wildman–Crippen LogP) is 3.20. The molecule has 0 fully saturated rings. The zero-order valence-electron chi connectivity index (χ0n) is 13.6. The Morgan fingerprint density at radius 3 is 2.74 bits per heavy atom. The summed E-state index contributed by atoms with van der Waals surface area (Å²) in [7, 11) is 0. The van der Waals surface area contributed by atoms with Crippen LogP contribution in [-0.4, -0.2) is 23.2 Å². The third kappa shape index (κ3) is 4.46. The van der Waals surface area contributed by atoms with Gasteiger partial charge in [-0.05, 0) is 32.4 Å². The number of nitrogens with one attached hydrogen (secondary N) is 2. The third-order valence-corrected chi connectivity index (χ3v) is 4.84. The number of amides is 1. The van der Waals surface area contributed by atoms with Crippen LogP contribution in [0.5, 0.6) is 0 Å². The van der Waals surface area contributed by atoms with E-state index < -0.39 is 0 Å². The van der Waals surface area contributed by atoms with Crippen molar-refractivity contribution in [3.63, 3.8) is 0 Å². The van der Waals surface area contributed by atoms with Gasteiger partial charge in [0.2, 0.25) is 5.91 Å². The van der Waals surface area contributed by atoms with E-state index in [1.165, 1.54) is 6.92 Å². The summed E-state index contributed by atoms with van der Waals surface area (Å²) in [6.07, 6.45) is 2.59. The second-order valence-electron chi connectivity index (χ2n) is 5.56. The van der Waals surface area contributed by atoms with Gasteiger partial charge in [-0.25, -0.2) is 4.98 Å². The van der Waals surface area contributed by atoms with Crippen LogP contribution in [0.2, 0.25) is 0 Å². The second-order valence-corrected chi connectivity index (χ2v) is 6.46. The van der Waals surface area contributed by atoms with Gasteiger partial charge in [0.1, 0.15) is 5.01 Å². The van der Waals surface area contributed by atoms with Crippen LogP contribution in [0.15, 0.2) is 35.8 Å². The molecule has 6 heteroatoms. The van der Waals surface area contributed by atoms with Crippen LogP contribution in [0.3, 0.4) is 0 Å². The van der Waals surface area contributed by atoms with Crippen LogP contribution in [0, 0.1) is 0 Å². The summed E-state index contributed by atoms with van der Waals surface area (Å²) in [6, 6.07) is 6.93. The smallest absolute Gasteiger partial charge is 0.238 e. The molecule has 1 aromatic heterocycles. The van der Waals surface area contributed by atoms with Crippen molar-refractivity contribution in [2.75, 3.05) is 11.9 Å². The fourth-order valence-corrected chi connectivity index (χ4v) is 2.99. The number of carbonyl (C=O) groups is 2. The van der Waals surface area contributed by atoms with Crippen molar-refractivity contribution >= 4 is 28.7 Å². The number of hydrogen-bond donors (Lipinski definition) is 2. The topological polar surface area (TPSA) is 71.1 Å². The molecule has 2 rings (SSSR count).